The van der Waals surface area contributed by atoms with Gasteiger partial charge in [-0.1, -0.05) is 38.5 Å². The van der Waals surface area contributed by atoms with E-state index in [9.17, 15) is 0 Å². The molecule has 114 valence electrons. The van der Waals surface area contributed by atoms with Crippen LogP contribution in [0.4, 0.5) is 0 Å². The maximum absolute atomic E-state index is 5.91. The zero-order chi connectivity index (χ0) is 14.0. The maximum atomic E-state index is 5.91. The fraction of sp³-hybridized carbons (Fsp3) is 0.941. The van der Waals surface area contributed by atoms with Crippen LogP contribution in [0.2, 0.25) is 0 Å². The largest absolute Gasteiger partial charge is 0.370 e. The van der Waals surface area contributed by atoms with Gasteiger partial charge in [0.1, 0.15) is 0 Å². The van der Waals surface area contributed by atoms with Gasteiger partial charge in [-0.05, 0) is 56.3 Å². The van der Waals surface area contributed by atoms with Crippen molar-refractivity contribution in [3.8, 4) is 0 Å². The van der Waals surface area contributed by atoms with E-state index < -0.39 is 0 Å². The Balaban J connectivity index is 1.98. The number of hydrogen-bond donors (Lipinski definition) is 2. The van der Waals surface area contributed by atoms with Crippen LogP contribution in [0, 0.1) is 17.8 Å². The third-order valence-corrected chi connectivity index (χ3v) is 6.35. The lowest BCUT2D eigenvalue weighted by atomic mass is 9.64. The normalized spacial score (nSPS) is 26.4. The van der Waals surface area contributed by atoms with Crippen LogP contribution in [0.3, 0.4) is 0 Å². The molecule has 0 aromatic carbocycles. The molecule has 0 heterocycles. The summed E-state index contributed by atoms with van der Waals surface area (Å²) >= 11 is 0. The van der Waals surface area contributed by atoms with E-state index in [1.165, 1.54) is 77.0 Å². The Morgan fingerprint density at radius 3 is 1.20 bits per heavy atom. The van der Waals surface area contributed by atoms with E-state index in [-0.39, 0.29) is 5.54 Å². The van der Waals surface area contributed by atoms with Crippen LogP contribution < -0.4 is 11.5 Å². The van der Waals surface area contributed by atoms with E-state index in [1.807, 2.05) is 0 Å². The van der Waals surface area contributed by atoms with Gasteiger partial charge in [0.15, 0.2) is 5.96 Å². The number of rotatable bonds is 4. The molecule has 0 spiro atoms. The second-order valence-corrected chi connectivity index (χ2v) is 7.37. The van der Waals surface area contributed by atoms with Crippen LogP contribution in [0.5, 0.6) is 0 Å². The van der Waals surface area contributed by atoms with Crippen molar-refractivity contribution in [3.63, 3.8) is 0 Å². The third kappa shape index (κ3) is 2.44. The van der Waals surface area contributed by atoms with E-state index in [0.717, 1.165) is 17.8 Å². The molecule has 3 saturated carbocycles. The summed E-state index contributed by atoms with van der Waals surface area (Å²) < 4.78 is 0. The van der Waals surface area contributed by atoms with E-state index in [1.54, 1.807) is 0 Å². The summed E-state index contributed by atoms with van der Waals surface area (Å²) in [5, 5.41) is 0. The lowest BCUT2D eigenvalue weighted by molar-refractivity contribution is 0.104. The van der Waals surface area contributed by atoms with Crippen molar-refractivity contribution in [2.75, 3.05) is 0 Å². The molecule has 0 atom stereocenters. The quantitative estimate of drug-likeness (QED) is 0.609. The molecule has 0 bridgehead atoms. The molecular weight excluding hydrogens is 246 g/mol. The van der Waals surface area contributed by atoms with Crippen molar-refractivity contribution < 1.29 is 0 Å². The predicted octanol–water partition coefficient (Wildman–Crippen LogP) is 3.57. The topological polar surface area (TPSA) is 64.4 Å². The van der Waals surface area contributed by atoms with Crippen LogP contribution in [0.15, 0.2) is 4.99 Å². The lowest BCUT2D eigenvalue weighted by Gasteiger charge is -2.45. The average molecular weight is 277 g/mol. The second-order valence-electron chi connectivity index (χ2n) is 7.37. The Labute approximate surface area is 123 Å². The second kappa shape index (κ2) is 5.95. The van der Waals surface area contributed by atoms with Gasteiger partial charge in [0, 0.05) is 0 Å². The molecule has 3 rings (SSSR count). The van der Waals surface area contributed by atoms with E-state index >= 15 is 0 Å². The van der Waals surface area contributed by atoms with Crippen molar-refractivity contribution in [2.24, 2.45) is 34.2 Å². The summed E-state index contributed by atoms with van der Waals surface area (Å²) in [5.74, 6) is 2.58. The zero-order valence-electron chi connectivity index (χ0n) is 12.8. The molecule has 0 amide bonds. The first kappa shape index (κ1) is 14.2. The minimum Gasteiger partial charge on any atom is -0.370 e. The first-order valence-corrected chi connectivity index (χ1v) is 8.84. The van der Waals surface area contributed by atoms with Gasteiger partial charge in [0.05, 0.1) is 5.54 Å². The first-order chi connectivity index (χ1) is 9.73. The molecule has 0 aromatic rings. The number of hydrogen-bond acceptors (Lipinski definition) is 1. The predicted molar refractivity (Wildman–Crippen MR) is 84.4 cm³/mol. The van der Waals surface area contributed by atoms with Crippen LogP contribution in [-0.4, -0.2) is 11.5 Å². The number of nitrogens with two attached hydrogens (primary N) is 2. The van der Waals surface area contributed by atoms with Crippen LogP contribution in [-0.2, 0) is 0 Å². The number of guanidine groups is 1. The molecule has 0 unspecified atom stereocenters. The van der Waals surface area contributed by atoms with Crippen LogP contribution >= 0.6 is 0 Å². The first-order valence-electron chi connectivity index (χ1n) is 8.84. The Hall–Kier alpha value is -0.730. The molecule has 0 saturated heterocycles. The lowest BCUT2D eigenvalue weighted by Crippen LogP contribution is -2.50. The zero-order valence-corrected chi connectivity index (χ0v) is 12.8. The highest BCUT2D eigenvalue weighted by Gasteiger charge is 2.52. The summed E-state index contributed by atoms with van der Waals surface area (Å²) in [7, 11) is 0. The fourth-order valence-electron chi connectivity index (χ4n) is 5.66. The Bertz CT molecular complexity index is 300. The highest BCUT2D eigenvalue weighted by atomic mass is 15.1. The molecule has 3 fully saturated rings. The smallest absolute Gasteiger partial charge is 0.186 e. The van der Waals surface area contributed by atoms with E-state index in [0.29, 0.717) is 5.96 Å². The summed E-state index contributed by atoms with van der Waals surface area (Å²) in [4.78, 5) is 5.03. The van der Waals surface area contributed by atoms with Gasteiger partial charge in [-0.3, -0.25) is 0 Å². The Kier molecular flexibility index (Phi) is 4.23. The van der Waals surface area contributed by atoms with E-state index in [4.69, 9.17) is 16.5 Å². The third-order valence-electron chi connectivity index (χ3n) is 6.35. The molecule has 0 radical (unpaired) electrons. The molecule has 3 heteroatoms. The molecular formula is C17H31N3. The molecule has 4 N–H and O–H groups in total. The van der Waals surface area contributed by atoms with Gasteiger partial charge in [0.2, 0.25) is 0 Å². The van der Waals surface area contributed by atoms with Crippen molar-refractivity contribution >= 4 is 5.96 Å². The Morgan fingerprint density at radius 1 is 0.650 bits per heavy atom. The summed E-state index contributed by atoms with van der Waals surface area (Å²) in [5.41, 5.74) is 11.9. The van der Waals surface area contributed by atoms with Crippen LogP contribution in [0.25, 0.3) is 0 Å². The minimum absolute atomic E-state index is 0.0995. The SMILES string of the molecule is NC(N)=NC(C1CCCC1)(C1CCCC1)C1CCCC1. The maximum Gasteiger partial charge on any atom is 0.186 e. The summed E-state index contributed by atoms with van der Waals surface area (Å²) in [6.07, 6.45) is 16.4. The Morgan fingerprint density at radius 2 is 0.950 bits per heavy atom. The molecule has 0 aromatic heterocycles. The van der Waals surface area contributed by atoms with E-state index in [2.05, 4.69) is 0 Å². The monoisotopic (exact) mass is 277 g/mol. The highest BCUT2D eigenvalue weighted by Crippen LogP contribution is 2.54. The van der Waals surface area contributed by atoms with Gasteiger partial charge >= 0.3 is 0 Å². The van der Waals surface area contributed by atoms with Crippen molar-refractivity contribution in [3.05, 3.63) is 0 Å². The number of nitrogens with zero attached hydrogens (tertiary/aromatic N) is 1. The molecule has 3 aliphatic carbocycles. The van der Waals surface area contributed by atoms with Crippen molar-refractivity contribution in [2.45, 2.75) is 82.6 Å². The van der Waals surface area contributed by atoms with Gasteiger partial charge < -0.3 is 11.5 Å². The van der Waals surface area contributed by atoms with Crippen molar-refractivity contribution in [1.82, 2.24) is 0 Å². The average Bonchev–Trinajstić information content (AvgIpc) is 3.15. The molecule has 20 heavy (non-hydrogen) atoms. The van der Waals surface area contributed by atoms with Gasteiger partial charge in [-0.2, -0.15) is 0 Å². The van der Waals surface area contributed by atoms with Crippen LogP contribution in [0.1, 0.15) is 77.0 Å². The molecule has 3 nitrogen and oxygen atoms in total. The standard InChI is InChI=1S/C17H31N3/c18-16(19)20-17(13-7-1-2-8-13,14-9-3-4-10-14)15-11-5-6-12-15/h13-15H,1-12H2,(H4,18,19,20). The summed E-state index contributed by atoms with van der Waals surface area (Å²) in [6, 6.07) is 0. The highest BCUT2D eigenvalue weighted by molar-refractivity contribution is 5.76. The summed E-state index contributed by atoms with van der Waals surface area (Å²) in [6.45, 7) is 0. The molecule has 0 aliphatic heterocycles. The minimum atomic E-state index is 0.0995. The number of aliphatic imine (C=N–C) groups is 1. The van der Waals surface area contributed by atoms with Gasteiger partial charge in [0.25, 0.3) is 0 Å². The van der Waals surface area contributed by atoms with Gasteiger partial charge in [-0.15, -0.1) is 0 Å². The van der Waals surface area contributed by atoms with Crippen molar-refractivity contribution in [1.29, 1.82) is 0 Å². The fourth-order valence-corrected chi connectivity index (χ4v) is 5.66. The molecule has 3 aliphatic rings. The van der Waals surface area contributed by atoms with Gasteiger partial charge in [-0.25, -0.2) is 4.99 Å².